The zero-order valence-corrected chi connectivity index (χ0v) is 30.0. The van der Waals surface area contributed by atoms with Crippen molar-refractivity contribution >= 4 is 12.0 Å². The second kappa shape index (κ2) is 22.9. The third-order valence-corrected chi connectivity index (χ3v) is 7.90. The number of carbonyl (C=O) groups excluding carboxylic acids is 2. The van der Waals surface area contributed by atoms with Gasteiger partial charge in [-0.2, -0.15) is 0 Å². The minimum atomic E-state index is -0.935. The van der Waals surface area contributed by atoms with Crippen molar-refractivity contribution in [2.45, 2.75) is 124 Å². The highest BCUT2D eigenvalue weighted by Crippen LogP contribution is 2.32. The normalized spacial score (nSPS) is 14.3. The van der Waals surface area contributed by atoms with Crippen molar-refractivity contribution in [3.05, 3.63) is 23.8 Å². The molecule has 0 aliphatic heterocycles. The van der Waals surface area contributed by atoms with Gasteiger partial charge in [0.2, 0.25) is 5.91 Å². The minimum absolute atomic E-state index is 0.0938. The number of nitrogens with one attached hydrogen (secondary N) is 2. The average molecular weight is 652 g/mol. The fourth-order valence-electron chi connectivity index (χ4n) is 5.09. The van der Waals surface area contributed by atoms with E-state index in [4.69, 9.17) is 24.7 Å². The molecule has 0 saturated heterocycles. The molecular formula is C36H65N3O7. The Labute approximate surface area is 278 Å². The van der Waals surface area contributed by atoms with Gasteiger partial charge in [0, 0.05) is 32.6 Å². The third kappa shape index (κ3) is 18.0. The molecule has 0 spiro atoms. The number of rotatable bonds is 24. The van der Waals surface area contributed by atoms with Crippen molar-refractivity contribution in [3.8, 4) is 11.5 Å². The Morgan fingerprint density at radius 2 is 1.63 bits per heavy atom. The van der Waals surface area contributed by atoms with Crippen LogP contribution in [0.15, 0.2) is 18.2 Å². The summed E-state index contributed by atoms with van der Waals surface area (Å²) >= 11 is 0. The van der Waals surface area contributed by atoms with E-state index in [1.54, 1.807) is 27.9 Å². The maximum Gasteiger partial charge on any atom is 0.407 e. The van der Waals surface area contributed by atoms with E-state index in [9.17, 15) is 14.7 Å². The van der Waals surface area contributed by atoms with Crippen molar-refractivity contribution in [2.75, 3.05) is 40.0 Å². The number of hydrogen-bond acceptors (Lipinski definition) is 8. The van der Waals surface area contributed by atoms with Gasteiger partial charge in [-0.25, -0.2) is 4.79 Å². The first kappa shape index (κ1) is 41.5. The molecule has 0 aliphatic carbocycles. The predicted molar refractivity (Wildman–Crippen MR) is 184 cm³/mol. The van der Waals surface area contributed by atoms with Crippen LogP contribution in [0.2, 0.25) is 0 Å². The molecule has 1 rings (SSSR count). The Kier molecular flexibility index (Phi) is 20.6. The number of unbranched alkanes of at least 4 members (excludes halogenated alkanes) is 3. The number of benzene rings is 1. The zero-order chi connectivity index (χ0) is 34.5. The Hall–Kier alpha value is -2.56. The van der Waals surface area contributed by atoms with Gasteiger partial charge in [-0.05, 0) is 102 Å². The van der Waals surface area contributed by atoms with E-state index in [1.165, 1.54) is 0 Å². The number of methoxy groups -OCH3 is 1. The second-order valence-electron chi connectivity index (χ2n) is 13.7. The van der Waals surface area contributed by atoms with Crippen LogP contribution in [-0.4, -0.2) is 74.9 Å². The first-order valence-electron chi connectivity index (χ1n) is 17.3. The van der Waals surface area contributed by atoms with E-state index in [0.717, 1.165) is 44.1 Å². The number of aliphatic hydroxyl groups excluding tert-OH is 1. The molecule has 5 N–H and O–H groups in total. The van der Waals surface area contributed by atoms with Crippen LogP contribution in [-0.2, 0) is 20.7 Å². The van der Waals surface area contributed by atoms with Gasteiger partial charge < -0.3 is 40.4 Å². The molecule has 46 heavy (non-hydrogen) atoms. The number of amides is 2. The highest BCUT2D eigenvalue weighted by atomic mass is 16.6. The van der Waals surface area contributed by atoms with Crippen molar-refractivity contribution in [1.82, 2.24) is 10.6 Å². The fourth-order valence-corrected chi connectivity index (χ4v) is 5.09. The highest BCUT2D eigenvalue weighted by Gasteiger charge is 2.31. The van der Waals surface area contributed by atoms with Crippen LogP contribution < -0.4 is 25.8 Å². The summed E-state index contributed by atoms with van der Waals surface area (Å²) in [6.07, 6.45) is 5.48. The van der Waals surface area contributed by atoms with Crippen molar-refractivity contribution in [2.24, 2.45) is 23.5 Å². The van der Waals surface area contributed by atoms with E-state index in [0.29, 0.717) is 57.3 Å². The van der Waals surface area contributed by atoms with Gasteiger partial charge in [0.05, 0.1) is 25.4 Å². The Morgan fingerprint density at radius 3 is 2.26 bits per heavy atom. The van der Waals surface area contributed by atoms with E-state index in [1.807, 2.05) is 19.1 Å². The standard InChI is InChI=1S/C36H65N3O7/c1-9-10-18-38-34(41)27(4)22-31(40)30(39-35(42)46-36(5,6)7)25-29(26(2)3)23-28-15-16-32(44-20-13-11-12-17-37)33(24-28)45-21-14-19-43-8/h15-16,24,26-27,29-31,40H,9-14,17-23,25,37H2,1-8H3,(H,38,41)(H,39,42)/t27-,29+,30+,31+/m1/s1. The Morgan fingerprint density at radius 1 is 0.935 bits per heavy atom. The molecule has 10 nitrogen and oxygen atoms in total. The molecule has 1 aromatic rings. The Balaban J connectivity index is 3.16. The smallest absolute Gasteiger partial charge is 0.407 e. The summed E-state index contributed by atoms with van der Waals surface area (Å²) in [6.45, 7) is 16.6. The first-order valence-corrected chi connectivity index (χ1v) is 17.3. The fraction of sp³-hybridized carbons (Fsp3) is 0.778. The van der Waals surface area contributed by atoms with Crippen LogP contribution in [0.25, 0.3) is 0 Å². The van der Waals surface area contributed by atoms with Gasteiger partial charge in [-0.15, -0.1) is 0 Å². The first-order chi connectivity index (χ1) is 21.8. The monoisotopic (exact) mass is 651 g/mol. The molecule has 0 radical (unpaired) electrons. The maximum absolute atomic E-state index is 12.9. The molecule has 0 unspecified atom stereocenters. The lowest BCUT2D eigenvalue weighted by molar-refractivity contribution is -0.125. The van der Waals surface area contributed by atoms with Gasteiger partial charge in [-0.1, -0.05) is 40.2 Å². The number of carbonyl (C=O) groups is 2. The van der Waals surface area contributed by atoms with Crippen LogP contribution in [0.4, 0.5) is 4.79 Å². The molecular weight excluding hydrogens is 586 g/mol. The Bertz CT molecular complexity index is 983. The quantitative estimate of drug-likeness (QED) is 0.0996. The molecule has 0 saturated carbocycles. The van der Waals surface area contributed by atoms with Gasteiger partial charge in [-0.3, -0.25) is 4.79 Å². The summed E-state index contributed by atoms with van der Waals surface area (Å²) in [5, 5.41) is 17.3. The number of hydrogen-bond donors (Lipinski definition) is 4. The van der Waals surface area contributed by atoms with Gasteiger partial charge in [0.1, 0.15) is 5.60 Å². The van der Waals surface area contributed by atoms with Crippen molar-refractivity contribution in [1.29, 1.82) is 0 Å². The maximum atomic E-state index is 12.9. The molecule has 1 aromatic carbocycles. The molecule has 0 fully saturated rings. The molecule has 0 aromatic heterocycles. The lowest BCUT2D eigenvalue weighted by Crippen LogP contribution is -2.48. The third-order valence-electron chi connectivity index (χ3n) is 7.90. The van der Waals surface area contributed by atoms with Crippen molar-refractivity contribution < 1.29 is 33.6 Å². The molecule has 0 aliphatic rings. The van der Waals surface area contributed by atoms with Crippen LogP contribution in [0.5, 0.6) is 11.5 Å². The van der Waals surface area contributed by atoms with E-state index in [-0.39, 0.29) is 24.2 Å². The van der Waals surface area contributed by atoms with E-state index >= 15 is 0 Å². The summed E-state index contributed by atoms with van der Waals surface area (Å²) in [7, 11) is 1.67. The van der Waals surface area contributed by atoms with Crippen LogP contribution in [0.1, 0.15) is 105 Å². The van der Waals surface area contributed by atoms with Gasteiger partial charge >= 0.3 is 6.09 Å². The molecule has 0 heterocycles. The summed E-state index contributed by atoms with van der Waals surface area (Å²) in [4.78, 5) is 25.6. The van der Waals surface area contributed by atoms with Gasteiger partial charge in [0.15, 0.2) is 11.5 Å². The summed E-state index contributed by atoms with van der Waals surface area (Å²) in [5.74, 6) is 1.25. The van der Waals surface area contributed by atoms with Crippen molar-refractivity contribution in [3.63, 3.8) is 0 Å². The summed E-state index contributed by atoms with van der Waals surface area (Å²) < 4.78 is 23.0. The minimum Gasteiger partial charge on any atom is -0.490 e. The topological polar surface area (TPSA) is 141 Å². The number of alkyl carbamates (subject to hydrolysis) is 1. The van der Waals surface area contributed by atoms with Crippen LogP contribution >= 0.6 is 0 Å². The second-order valence-corrected chi connectivity index (χ2v) is 13.7. The van der Waals surface area contributed by atoms with E-state index in [2.05, 4.69) is 37.5 Å². The molecule has 10 heteroatoms. The SMILES string of the molecule is CCCCNC(=O)[C@H](C)C[C@H](O)[C@H](C[C@H](Cc1ccc(OCCCCCN)c(OCCCOC)c1)C(C)C)NC(=O)OC(C)(C)C. The average Bonchev–Trinajstić information content (AvgIpc) is 2.98. The molecule has 266 valence electrons. The summed E-state index contributed by atoms with van der Waals surface area (Å²) in [5.41, 5.74) is 6.01. The summed E-state index contributed by atoms with van der Waals surface area (Å²) in [6, 6.07) is 5.45. The molecule has 2 amide bonds. The van der Waals surface area contributed by atoms with Gasteiger partial charge in [0.25, 0.3) is 0 Å². The molecule has 4 atom stereocenters. The lowest BCUT2D eigenvalue weighted by atomic mass is 9.82. The largest absolute Gasteiger partial charge is 0.490 e. The van der Waals surface area contributed by atoms with E-state index < -0.39 is 29.8 Å². The zero-order valence-electron chi connectivity index (χ0n) is 30.0. The highest BCUT2D eigenvalue weighted by molar-refractivity contribution is 5.78. The predicted octanol–water partition coefficient (Wildman–Crippen LogP) is 6.01. The number of aliphatic hydroxyl groups is 1. The van der Waals surface area contributed by atoms with Crippen LogP contribution in [0, 0.1) is 17.8 Å². The number of ether oxygens (including phenoxy) is 4. The number of nitrogens with two attached hydrogens (primary N) is 1. The lowest BCUT2D eigenvalue weighted by Gasteiger charge is -2.32. The van der Waals surface area contributed by atoms with Crippen LogP contribution in [0.3, 0.4) is 0 Å². The molecule has 0 bridgehead atoms.